The molecule has 0 aliphatic heterocycles. The minimum absolute atomic E-state index is 0.686. The Morgan fingerprint density at radius 1 is 1.00 bits per heavy atom. The Kier molecular flexibility index (Phi) is 2.95. The molecule has 5 heteroatoms. The molecule has 0 bridgehead atoms. The molecular formula is C15H15N5. The largest absolute Gasteiger partial charge is 0.399 e. The smallest absolute Gasteiger partial charge is 0.187 e. The molecule has 2 aromatic carbocycles. The average Bonchev–Trinajstić information content (AvgIpc) is 2.86. The van der Waals surface area contributed by atoms with Gasteiger partial charge in [-0.25, -0.2) is 0 Å². The molecule has 1 heterocycles. The van der Waals surface area contributed by atoms with Crippen LogP contribution in [0, 0.1) is 13.8 Å². The van der Waals surface area contributed by atoms with Gasteiger partial charge in [0, 0.05) is 11.3 Å². The molecule has 5 nitrogen and oxygen atoms in total. The third-order valence-corrected chi connectivity index (χ3v) is 3.07. The molecular weight excluding hydrogens is 250 g/mol. The van der Waals surface area contributed by atoms with Crippen molar-refractivity contribution in [3.05, 3.63) is 53.6 Å². The number of hydrogen-bond acceptors (Lipinski definition) is 4. The van der Waals surface area contributed by atoms with Crippen LogP contribution in [0.25, 0.3) is 17.1 Å². The lowest BCUT2D eigenvalue weighted by molar-refractivity contribution is 0.790. The van der Waals surface area contributed by atoms with Crippen molar-refractivity contribution in [2.45, 2.75) is 13.8 Å². The van der Waals surface area contributed by atoms with E-state index in [1.165, 1.54) is 0 Å². The lowest BCUT2D eigenvalue weighted by Gasteiger charge is -2.07. The van der Waals surface area contributed by atoms with E-state index in [9.17, 15) is 0 Å². The van der Waals surface area contributed by atoms with Gasteiger partial charge in [-0.3, -0.25) is 0 Å². The van der Waals surface area contributed by atoms with E-state index >= 15 is 0 Å². The van der Waals surface area contributed by atoms with Crippen LogP contribution in [0.2, 0.25) is 0 Å². The molecule has 0 aliphatic carbocycles. The second kappa shape index (κ2) is 4.77. The maximum atomic E-state index is 5.90. The fraction of sp³-hybridized carbons (Fsp3) is 0.133. The van der Waals surface area contributed by atoms with E-state index in [1.54, 1.807) is 4.68 Å². The Balaban J connectivity index is 2.15. The summed E-state index contributed by atoms with van der Waals surface area (Å²) in [5, 5.41) is 12.0. The third-order valence-electron chi connectivity index (χ3n) is 3.07. The van der Waals surface area contributed by atoms with Crippen molar-refractivity contribution in [2.24, 2.45) is 0 Å². The number of tetrazole rings is 1. The number of aryl methyl sites for hydroxylation is 2. The molecule has 100 valence electrons. The molecule has 20 heavy (non-hydrogen) atoms. The van der Waals surface area contributed by atoms with E-state index < -0.39 is 0 Å². The van der Waals surface area contributed by atoms with Crippen LogP contribution in [-0.2, 0) is 0 Å². The summed E-state index contributed by atoms with van der Waals surface area (Å²) in [5.41, 5.74) is 10.7. The fourth-order valence-electron chi connectivity index (χ4n) is 2.24. The number of hydrogen-bond donors (Lipinski definition) is 1. The molecule has 3 aromatic rings. The molecule has 0 amide bonds. The van der Waals surface area contributed by atoms with Gasteiger partial charge in [0.2, 0.25) is 0 Å². The number of aromatic nitrogens is 4. The zero-order valence-electron chi connectivity index (χ0n) is 11.4. The standard InChI is InChI=1S/C15H15N5/c1-10-4-3-5-14(8-10)20-15(17-18-19-20)12-6-11(2)7-13(16)9-12/h3-9H,16H2,1-2H3. The summed E-state index contributed by atoms with van der Waals surface area (Å²) in [6.07, 6.45) is 0. The summed E-state index contributed by atoms with van der Waals surface area (Å²) >= 11 is 0. The molecule has 2 N–H and O–H groups in total. The molecule has 0 atom stereocenters. The van der Waals surface area contributed by atoms with Crippen LogP contribution in [-0.4, -0.2) is 20.2 Å². The van der Waals surface area contributed by atoms with E-state index in [0.29, 0.717) is 11.5 Å². The highest BCUT2D eigenvalue weighted by Crippen LogP contribution is 2.23. The van der Waals surface area contributed by atoms with Crippen molar-refractivity contribution in [1.82, 2.24) is 20.2 Å². The Morgan fingerprint density at radius 3 is 2.60 bits per heavy atom. The van der Waals surface area contributed by atoms with Crippen molar-refractivity contribution < 1.29 is 0 Å². The number of nitrogen functional groups attached to an aromatic ring is 1. The van der Waals surface area contributed by atoms with Crippen LogP contribution in [0.3, 0.4) is 0 Å². The van der Waals surface area contributed by atoms with Crippen LogP contribution in [0.1, 0.15) is 11.1 Å². The lowest BCUT2D eigenvalue weighted by atomic mass is 10.1. The van der Waals surface area contributed by atoms with Crippen molar-refractivity contribution in [3.8, 4) is 17.1 Å². The number of nitrogens with two attached hydrogens (primary N) is 1. The number of rotatable bonds is 2. The number of benzene rings is 2. The first-order valence-corrected chi connectivity index (χ1v) is 6.36. The zero-order chi connectivity index (χ0) is 14.1. The highest BCUT2D eigenvalue weighted by molar-refractivity contribution is 5.64. The van der Waals surface area contributed by atoms with Gasteiger partial charge in [-0.05, 0) is 65.7 Å². The molecule has 0 saturated heterocycles. The van der Waals surface area contributed by atoms with Gasteiger partial charge in [0.25, 0.3) is 0 Å². The Labute approximate surface area is 117 Å². The quantitative estimate of drug-likeness (QED) is 0.723. The van der Waals surface area contributed by atoms with Crippen LogP contribution in [0.15, 0.2) is 42.5 Å². The molecule has 0 saturated carbocycles. The molecule has 0 aliphatic rings. The Bertz CT molecular complexity index is 740. The van der Waals surface area contributed by atoms with E-state index in [4.69, 9.17) is 5.73 Å². The van der Waals surface area contributed by atoms with E-state index in [1.807, 2.05) is 56.3 Å². The van der Waals surface area contributed by atoms with Crippen molar-refractivity contribution >= 4 is 5.69 Å². The van der Waals surface area contributed by atoms with Crippen LogP contribution in [0.4, 0.5) is 5.69 Å². The normalized spacial score (nSPS) is 10.7. The van der Waals surface area contributed by atoms with Crippen molar-refractivity contribution in [1.29, 1.82) is 0 Å². The predicted molar refractivity (Wildman–Crippen MR) is 78.5 cm³/mol. The number of anilines is 1. The van der Waals surface area contributed by atoms with Gasteiger partial charge in [-0.15, -0.1) is 5.10 Å². The monoisotopic (exact) mass is 265 g/mol. The van der Waals surface area contributed by atoms with Crippen LogP contribution in [0.5, 0.6) is 0 Å². The highest BCUT2D eigenvalue weighted by atomic mass is 15.5. The molecule has 0 unspecified atom stereocenters. The van der Waals surface area contributed by atoms with Crippen molar-refractivity contribution in [3.63, 3.8) is 0 Å². The molecule has 1 aromatic heterocycles. The van der Waals surface area contributed by atoms with Gasteiger partial charge in [-0.1, -0.05) is 12.1 Å². The van der Waals surface area contributed by atoms with Crippen LogP contribution < -0.4 is 5.73 Å². The number of nitrogens with zero attached hydrogens (tertiary/aromatic N) is 4. The maximum absolute atomic E-state index is 5.90. The van der Waals surface area contributed by atoms with Gasteiger partial charge >= 0.3 is 0 Å². The lowest BCUT2D eigenvalue weighted by Crippen LogP contribution is -2.00. The molecule has 0 spiro atoms. The average molecular weight is 265 g/mol. The first-order valence-electron chi connectivity index (χ1n) is 6.36. The molecule has 0 fully saturated rings. The molecule has 3 rings (SSSR count). The summed E-state index contributed by atoms with van der Waals surface area (Å²) in [4.78, 5) is 0. The summed E-state index contributed by atoms with van der Waals surface area (Å²) in [7, 11) is 0. The van der Waals surface area contributed by atoms with Crippen LogP contribution >= 0.6 is 0 Å². The minimum Gasteiger partial charge on any atom is -0.399 e. The van der Waals surface area contributed by atoms with Gasteiger partial charge in [0.1, 0.15) is 0 Å². The topological polar surface area (TPSA) is 69.6 Å². The van der Waals surface area contributed by atoms with Gasteiger partial charge in [-0.2, -0.15) is 4.68 Å². The second-order valence-corrected chi connectivity index (χ2v) is 4.89. The second-order valence-electron chi connectivity index (χ2n) is 4.89. The van der Waals surface area contributed by atoms with E-state index in [0.717, 1.165) is 22.4 Å². The summed E-state index contributed by atoms with van der Waals surface area (Å²) in [5.74, 6) is 0.686. The first-order chi connectivity index (χ1) is 9.63. The van der Waals surface area contributed by atoms with E-state index in [-0.39, 0.29) is 0 Å². The molecule has 0 radical (unpaired) electrons. The fourth-order valence-corrected chi connectivity index (χ4v) is 2.24. The Morgan fingerprint density at radius 2 is 1.85 bits per heavy atom. The zero-order valence-corrected chi connectivity index (χ0v) is 11.4. The summed E-state index contributed by atoms with van der Waals surface area (Å²) in [6.45, 7) is 4.04. The predicted octanol–water partition coefficient (Wildman–Crippen LogP) is 2.53. The SMILES string of the molecule is Cc1cc(N)cc(-c2nnnn2-c2cccc(C)c2)c1. The summed E-state index contributed by atoms with van der Waals surface area (Å²) < 4.78 is 1.72. The van der Waals surface area contributed by atoms with Crippen molar-refractivity contribution in [2.75, 3.05) is 5.73 Å². The summed E-state index contributed by atoms with van der Waals surface area (Å²) in [6, 6.07) is 13.9. The van der Waals surface area contributed by atoms with Gasteiger partial charge in [0.15, 0.2) is 5.82 Å². The minimum atomic E-state index is 0.686. The maximum Gasteiger partial charge on any atom is 0.187 e. The van der Waals surface area contributed by atoms with Gasteiger partial charge in [0.05, 0.1) is 5.69 Å². The highest BCUT2D eigenvalue weighted by Gasteiger charge is 2.11. The third kappa shape index (κ3) is 2.25. The van der Waals surface area contributed by atoms with E-state index in [2.05, 4.69) is 15.5 Å². The van der Waals surface area contributed by atoms with Gasteiger partial charge < -0.3 is 5.73 Å². The first kappa shape index (κ1) is 12.3. The Hall–Kier alpha value is -2.69.